The minimum absolute atomic E-state index is 0.121. The van der Waals surface area contributed by atoms with E-state index in [-0.39, 0.29) is 11.9 Å². The lowest BCUT2D eigenvalue weighted by molar-refractivity contribution is -0.129. The minimum atomic E-state index is -0.422. The van der Waals surface area contributed by atoms with Crippen LogP contribution in [-0.4, -0.2) is 15.9 Å². The molecule has 0 radical (unpaired) electrons. The Morgan fingerprint density at radius 3 is 2.00 bits per heavy atom. The predicted molar refractivity (Wildman–Crippen MR) is 146 cm³/mol. The molecule has 0 aliphatic heterocycles. The molecular weight excluding hydrogens is 432 g/mol. The van der Waals surface area contributed by atoms with Gasteiger partial charge in [0.25, 0.3) is 0 Å². The minimum Gasteiger partial charge on any atom is -0.388 e. The Morgan fingerprint density at radius 1 is 0.800 bits per heavy atom. The molecule has 1 atom stereocenters. The zero-order valence-corrected chi connectivity index (χ0v) is 22.1. The van der Waals surface area contributed by atoms with Crippen molar-refractivity contribution in [1.82, 2.24) is 9.97 Å². The number of unbranched alkanes of at least 4 members (excludes halogenated alkanes) is 11. The van der Waals surface area contributed by atoms with Crippen LogP contribution in [0.5, 0.6) is 6.01 Å². The van der Waals surface area contributed by atoms with Crippen molar-refractivity contribution in [3.05, 3.63) is 66.0 Å². The lowest BCUT2D eigenvalue weighted by Gasteiger charge is -2.13. The van der Waals surface area contributed by atoms with Gasteiger partial charge in [0.1, 0.15) is 0 Å². The number of allylic oxidation sites excluding steroid dienone is 1. The number of aromatic nitrogens is 2. The molecule has 2 aromatic rings. The van der Waals surface area contributed by atoms with Crippen molar-refractivity contribution in [3.63, 3.8) is 0 Å². The highest BCUT2D eigenvalue weighted by molar-refractivity contribution is 5.83. The molecule has 192 valence electrons. The average molecular weight is 479 g/mol. The van der Waals surface area contributed by atoms with Crippen LogP contribution < -0.4 is 4.74 Å². The summed E-state index contributed by atoms with van der Waals surface area (Å²) in [6, 6.07) is 10.5. The van der Waals surface area contributed by atoms with Gasteiger partial charge in [-0.25, -0.2) is 14.8 Å². The second kappa shape index (κ2) is 18.8. The van der Waals surface area contributed by atoms with Gasteiger partial charge in [-0.1, -0.05) is 127 Å². The first kappa shape index (κ1) is 28.7. The summed E-state index contributed by atoms with van der Waals surface area (Å²) in [6.45, 7) is 4.49. The van der Waals surface area contributed by atoms with Crippen LogP contribution in [0.3, 0.4) is 0 Å². The van der Waals surface area contributed by atoms with Crippen molar-refractivity contribution in [1.29, 1.82) is 0 Å². The molecule has 0 spiro atoms. The summed E-state index contributed by atoms with van der Waals surface area (Å²) in [4.78, 5) is 20.9. The van der Waals surface area contributed by atoms with E-state index in [1.807, 2.05) is 12.1 Å². The molecule has 0 fully saturated rings. The van der Waals surface area contributed by atoms with E-state index in [0.717, 1.165) is 31.2 Å². The second-order valence-electron chi connectivity index (χ2n) is 9.60. The largest absolute Gasteiger partial charge is 0.388 e. The van der Waals surface area contributed by atoms with E-state index in [1.54, 1.807) is 12.4 Å². The Balaban J connectivity index is 1.77. The molecule has 1 aromatic heterocycles. The number of hydrogen-bond donors (Lipinski definition) is 0. The van der Waals surface area contributed by atoms with Crippen molar-refractivity contribution >= 4 is 5.97 Å². The van der Waals surface area contributed by atoms with Crippen LogP contribution in [0.1, 0.15) is 121 Å². The summed E-state index contributed by atoms with van der Waals surface area (Å²) >= 11 is 0. The van der Waals surface area contributed by atoms with Gasteiger partial charge in [-0.05, 0) is 30.4 Å². The maximum absolute atomic E-state index is 12.4. The van der Waals surface area contributed by atoms with E-state index in [9.17, 15) is 4.79 Å². The highest BCUT2D eigenvalue weighted by Gasteiger charge is 2.10. The number of nitrogens with zero attached hydrogens (tertiary/aromatic N) is 2. The van der Waals surface area contributed by atoms with Crippen LogP contribution in [0.25, 0.3) is 0 Å². The molecule has 1 aromatic carbocycles. The van der Waals surface area contributed by atoms with Gasteiger partial charge in [-0.15, -0.1) is 0 Å². The molecular formula is C31H46N2O2. The Hall–Kier alpha value is -2.49. The van der Waals surface area contributed by atoms with Crippen molar-refractivity contribution in [2.45, 2.75) is 116 Å². The molecule has 35 heavy (non-hydrogen) atoms. The SMILES string of the molecule is CCCCCCCCCc1cnc(OC(=O)/C=C/C(CCCCCCCC)c2ccccc2)nc1. The third-order valence-corrected chi connectivity index (χ3v) is 6.50. The van der Waals surface area contributed by atoms with E-state index in [0.29, 0.717) is 0 Å². The quantitative estimate of drug-likeness (QED) is 0.115. The summed E-state index contributed by atoms with van der Waals surface area (Å²) in [6.07, 6.45) is 25.6. The third kappa shape index (κ3) is 13.2. The Labute approximate surface area is 213 Å². The number of hydrogen-bond acceptors (Lipinski definition) is 4. The van der Waals surface area contributed by atoms with Crippen LogP contribution in [0.2, 0.25) is 0 Å². The molecule has 4 nitrogen and oxygen atoms in total. The third-order valence-electron chi connectivity index (χ3n) is 6.50. The number of benzene rings is 1. The monoisotopic (exact) mass is 478 g/mol. The van der Waals surface area contributed by atoms with Crippen LogP contribution in [-0.2, 0) is 11.2 Å². The van der Waals surface area contributed by atoms with Gasteiger partial charge < -0.3 is 4.74 Å². The summed E-state index contributed by atoms with van der Waals surface area (Å²) in [5.41, 5.74) is 2.33. The first-order valence-electron chi connectivity index (χ1n) is 14.0. The Morgan fingerprint density at radius 2 is 1.37 bits per heavy atom. The maximum Gasteiger partial charge on any atom is 0.338 e. The number of carbonyl (C=O) groups excluding carboxylic acids is 1. The molecule has 4 heteroatoms. The van der Waals surface area contributed by atoms with E-state index in [2.05, 4.69) is 48.1 Å². The van der Waals surface area contributed by atoms with Gasteiger partial charge in [0.15, 0.2) is 0 Å². The summed E-state index contributed by atoms with van der Waals surface area (Å²) in [7, 11) is 0. The van der Waals surface area contributed by atoms with Crippen molar-refractivity contribution in [2.24, 2.45) is 0 Å². The molecule has 0 amide bonds. The molecule has 2 rings (SSSR count). The number of ether oxygens (including phenoxy) is 1. The molecule has 0 saturated heterocycles. The standard InChI is InChI=1S/C31H46N2O2/c1-3-5-7-9-11-12-15-19-27-25-32-31(33-26-27)35-30(34)24-23-29(28-20-17-14-18-21-28)22-16-13-10-8-6-4-2/h14,17-18,20-21,23-26,29H,3-13,15-16,19,22H2,1-2H3/b24-23+. The van der Waals surface area contributed by atoms with Crippen LogP contribution in [0.15, 0.2) is 54.9 Å². The van der Waals surface area contributed by atoms with Crippen LogP contribution >= 0.6 is 0 Å². The fourth-order valence-corrected chi connectivity index (χ4v) is 4.35. The molecule has 0 aliphatic carbocycles. The van der Waals surface area contributed by atoms with E-state index >= 15 is 0 Å². The van der Waals surface area contributed by atoms with Crippen molar-refractivity contribution < 1.29 is 9.53 Å². The van der Waals surface area contributed by atoms with Gasteiger partial charge in [-0.2, -0.15) is 0 Å². The van der Waals surface area contributed by atoms with Gasteiger partial charge >= 0.3 is 12.0 Å². The summed E-state index contributed by atoms with van der Waals surface area (Å²) < 4.78 is 5.36. The highest BCUT2D eigenvalue weighted by Crippen LogP contribution is 2.24. The lowest BCUT2D eigenvalue weighted by Crippen LogP contribution is -2.08. The van der Waals surface area contributed by atoms with Gasteiger partial charge in [-0.3, -0.25) is 0 Å². The van der Waals surface area contributed by atoms with E-state index < -0.39 is 5.97 Å². The summed E-state index contributed by atoms with van der Waals surface area (Å²) in [5, 5.41) is 0. The Bertz CT molecular complexity index is 818. The first-order valence-corrected chi connectivity index (χ1v) is 14.0. The first-order chi connectivity index (χ1) is 17.2. The number of carbonyl (C=O) groups is 1. The van der Waals surface area contributed by atoms with Gasteiger partial charge in [0, 0.05) is 24.4 Å². The predicted octanol–water partition coefficient (Wildman–Crippen LogP) is 8.77. The number of esters is 1. The maximum atomic E-state index is 12.4. The van der Waals surface area contributed by atoms with E-state index in [1.165, 1.54) is 82.3 Å². The smallest absolute Gasteiger partial charge is 0.338 e. The summed E-state index contributed by atoms with van der Waals surface area (Å²) in [5.74, 6) is -0.214. The van der Waals surface area contributed by atoms with Crippen LogP contribution in [0.4, 0.5) is 0 Å². The fraction of sp³-hybridized carbons (Fsp3) is 0.581. The number of rotatable bonds is 19. The zero-order valence-electron chi connectivity index (χ0n) is 22.1. The second-order valence-corrected chi connectivity index (χ2v) is 9.60. The molecule has 1 heterocycles. The fourth-order valence-electron chi connectivity index (χ4n) is 4.35. The molecule has 1 unspecified atom stereocenters. The molecule has 0 N–H and O–H groups in total. The lowest BCUT2D eigenvalue weighted by atomic mass is 9.92. The Kier molecular flexibility index (Phi) is 15.4. The van der Waals surface area contributed by atoms with Gasteiger partial charge in [0.05, 0.1) is 0 Å². The van der Waals surface area contributed by atoms with Crippen LogP contribution in [0, 0.1) is 0 Å². The van der Waals surface area contributed by atoms with E-state index in [4.69, 9.17) is 4.74 Å². The number of aryl methyl sites for hydroxylation is 1. The van der Waals surface area contributed by atoms with Crippen molar-refractivity contribution in [2.75, 3.05) is 0 Å². The van der Waals surface area contributed by atoms with Crippen molar-refractivity contribution in [3.8, 4) is 6.01 Å². The molecule has 0 aliphatic rings. The zero-order chi connectivity index (χ0) is 25.0. The molecule has 0 saturated carbocycles. The average Bonchev–Trinajstić information content (AvgIpc) is 2.88. The van der Waals surface area contributed by atoms with Gasteiger partial charge in [0.2, 0.25) is 0 Å². The highest BCUT2D eigenvalue weighted by atomic mass is 16.5. The topological polar surface area (TPSA) is 52.1 Å². The normalized spacial score (nSPS) is 12.2. The molecule has 0 bridgehead atoms.